The molecule has 3 rings (SSSR count). The smallest absolute Gasteiger partial charge is 0.151 e. The Kier molecular flexibility index (Phi) is 3.31. The van der Waals surface area contributed by atoms with E-state index in [2.05, 4.69) is 15.1 Å². The Balaban J connectivity index is 1.94. The van der Waals surface area contributed by atoms with E-state index in [-0.39, 0.29) is 11.9 Å². The molecule has 1 aromatic carbocycles. The summed E-state index contributed by atoms with van der Waals surface area (Å²) >= 11 is 0. The molecule has 1 unspecified atom stereocenters. The van der Waals surface area contributed by atoms with E-state index >= 15 is 0 Å². The molecule has 0 saturated carbocycles. The van der Waals surface area contributed by atoms with Crippen LogP contribution in [0.3, 0.4) is 0 Å². The molecule has 1 aliphatic heterocycles. The third-order valence-corrected chi connectivity index (χ3v) is 3.58. The number of ether oxygens (including phenoxy) is 1. The Bertz CT molecular complexity index is 613. The fraction of sp³-hybridized carbons (Fsp3) is 0.357. The molecular weight excluding hydrogens is 259 g/mol. The highest BCUT2D eigenvalue weighted by Gasteiger charge is 2.22. The number of methoxy groups -OCH3 is 1. The van der Waals surface area contributed by atoms with Gasteiger partial charge in [-0.25, -0.2) is 4.39 Å². The lowest BCUT2D eigenvalue weighted by Crippen LogP contribution is -2.26. The van der Waals surface area contributed by atoms with Gasteiger partial charge < -0.3 is 15.4 Å². The second-order valence-electron chi connectivity index (χ2n) is 4.95. The van der Waals surface area contributed by atoms with E-state index in [4.69, 9.17) is 10.5 Å². The van der Waals surface area contributed by atoms with E-state index in [1.165, 1.54) is 13.2 Å². The molecule has 5 nitrogen and oxygen atoms in total. The lowest BCUT2D eigenvalue weighted by molar-refractivity contribution is 0.413. The highest BCUT2D eigenvalue weighted by atomic mass is 19.1. The lowest BCUT2D eigenvalue weighted by atomic mass is 10.1. The van der Waals surface area contributed by atoms with Gasteiger partial charge in [-0.1, -0.05) is 6.07 Å². The number of anilines is 1. The Morgan fingerprint density at radius 1 is 1.50 bits per heavy atom. The Hall–Kier alpha value is -2.08. The first kappa shape index (κ1) is 12.9. The molecule has 106 valence electrons. The van der Waals surface area contributed by atoms with Crippen LogP contribution in [0.5, 0.6) is 5.75 Å². The lowest BCUT2D eigenvalue weighted by Gasteiger charge is -2.13. The van der Waals surface area contributed by atoms with Crippen LogP contribution in [0.1, 0.15) is 6.42 Å². The van der Waals surface area contributed by atoms with Crippen LogP contribution in [0.25, 0.3) is 11.3 Å². The van der Waals surface area contributed by atoms with Crippen molar-refractivity contribution in [3.05, 3.63) is 30.1 Å². The first-order valence-electron chi connectivity index (χ1n) is 6.58. The van der Waals surface area contributed by atoms with Crippen LogP contribution in [-0.4, -0.2) is 36.4 Å². The number of nitrogens with two attached hydrogens (primary N) is 1. The number of aromatic amines is 1. The van der Waals surface area contributed by atoms with Crippen molar-refractivity contribution < 1.29 is 9.13 Å². The number of hydrogen-bond acceptors (Lipinski definition) is 4. The topological polar surface area (TPSA) is 67.2 Å². The van der Waals surface area contributed by atoms with Crippen LogP contribution in [0.4, 0.5) is 10.2 Å². The van der Waals surface area contributed by atoms with Gasteiger partial charge in [-0.15, -0.1) is 0 Å². The molecule has 0 radical (unpaired) electrons. The van der Waals surface area contributed by atoms with Gasteiger partial charge in [-0.2, -0.15) is 5.10 Å². The molecule has 0 bridgehead atoms. The Labute approximate surface area is 116 Å². The fourth-order valence-electron chi connectivity index (χ4n) is 2.53. The van der Waals surface area contributed by atoms with Crippen molar-refractivity contribution in [3.8, 4) is 17.0 Å². The molecule has 1 saturated heterocycles. The van der Waals surface area contributed by atoms with Crippen LogP contribution < -0.4 is 15.4 Å². The van der Waals surface area contributed by atoms with Gasteiger partial charge in [0.1, 0.15) is 11.6 Å². The minimum Gasteiger partial charge on any atom is -0.496 e. The van der Waals surface area contributed by atoms with E-state index in [9.17, 15) is 4.39 Å². The highest BCUT2D eigenvalue weighted by Crippen LogP contribution is 2.33. The van der Waals surface area contributed by atoms with Gasteiger partial charge in [0.25, 0.3) is 0 Å². The van der Waals surface area contributed by atoms with Crippen LogP contribution in [0.2, 0.25) is 0 Å². The number of aromatic nitrogens is 2. The molecule has 1 atom stereocenters. The average molecular weight is 276 g/mol. The first-order chi connectivity index (χ1) is 9.69. The van der Waals surface area contributed by atoms with E-state index in [1.54, 1.807) is 12.1 Å². The summed E-state index contributed by atoms with van der Waals surface area (Å²) in [6.45, 7) is 1.65. The summed E-state index contributed by atoms with van der Waals surface area (Å²) in [6, 6.07) is 6.76. The summed E-state index contributed by atoms with van der Waals surface area (Å²) < 4.78 is 19.2. The van der Waals surface area contributed by atoms with Gasteiger partial charge in [0, 0.05) is 25.2 Å². The van der Waals surface area contributed by atoms with Gasteiger partial charge in [0.15, 0.2) is 5.82 Å². The van der Waals surface area contributed by atoms with Gasteiger partial charge in [0.2, 0.25) is 0 Å². The normalized spacial score (nSPS) is 18.6. The van der Waals surface area contributed by atoms with Crippen molar-refractivity contribution >= 4 is 5.82 Å². The van der Waals surface area contributed by atoms with E-state index in [0.29, 0.717) is 17.0 Å². The predicted octanol–water partition coefficient (Wildman–Crippen LogP) is 1.76. The highest BCUT2D eigenvalue weighted by molar-refractivity contribution is 5.70. The minimum absolute atomic E-state index is 0.179. The van der Waals surface area contributed by atoms with Crippen LogP contribution in [0, 0.1) is 5.82 Å². The molecule has 2 aromatic rings. The molecular formula is C14H17FN4O. The molecule has 6 heteroatoms. The molecule has 0 aliphatic carbocycles. The average Bonchev–Trinajstić information content (AvgIpc) is 3.07. The summed E-state index contributed by atoms with van der Waals surface area (Å²) in [5.41, 5.74) is 6.90. The number of halogens is 1. The monoisotopic (exact) mass is 276 g/mol. The van der Waals surface area contributed by atoms with Gasteiger partial charge in [-0.3, -0.25) is 5.10 Å². The van der Waals surface area contributed by atoms with E-state index in [1.807, 2.05) is 6.07 Å². The zero-order valence-electron chi connectivity index (χ0n) is 11.3. The van der Waals surface area contributed by atoms with Crippen molar-refractivity contribution in [2.75, 3.05) is 25.1 Å². The van der Waals surface area contributed by atoms with Crippen molar-refractivity contribution in [3.63, 3.8) is 0 Å². The van der Waals surface area contributed by atoms with E-state index < -0.39 is 0 Å². The number of hydrogen-bond donors (Lipinski definition) is 2. The molecule has 3 N–H and O–H groups in total. The maximum atomic E-state index is 14.0. The molecule has 1 fully saturated rings. The van der Waals surface area contributed by atoms with Gasteiger partial charge in [0.05, 0.1) is 18.4 Å². The maximum absolute atomic E-state index is 14.0. The molecule has 0 spiro atoms. The summed E-state index contributed by atoms with van der Waals surface area (Å²) in [5.74, 6) is 0.939. The third kappa shape index (κ3) is 2.22. The fourth-order valence-corrected chi connectivity index (χ4v) is 2.53. The minimum atomic E-state index is -0.335. The summed E-state index contributed by atoms with van der Waals surface area (Å²) in [7, 11) is 1.52. The van der Waals surface area contributed by atoms with Crippen molar-refractivity contribution in [2.24, 2.45) is 5.73 Å². The number of nitrogens with one attached hydrogen (secondary N) is 1. The van der Waals surface area contributed by atoms with Gasteiger partial charge in [-0.05, 0) is 18.6 Å². The number of rotatable bonds is 3. The molecule has 1 aliphatic rings. The SMILES string of the molecule is COc1cccc(F)c1-c1cc(N2CCC(N)C2)n[nH]1. The summed E-state index contributed by atoms with van der Waals surface area (Å²) in [4.78, 5) is 2.10. The second kappa shape index (κ2) is 5.13. The summed E-state index contributed by atoms with van der Waals surface area (Å²) in [6.07, 6.45) is 0.950. The van der Waals surface area contributed by atoms with Crippen molar-refractivity contribution in [2.45, 2.75) is 12.5 Å². The standard InChI is InChI=1S/C14H17FN4O/c1-20-12-4-2-3-10(15)14(12)11-7-13(18-17-11)19-6-5-9(16)8-19/h2-4,7,9H,5-6,8,16H2,1H3,(H,17,18). The number of benzene rings is 1. The van der Waals surface area contributed by atoms with Crippen molar-refractivity contribution in [1.29, 1.82) is 0 Å². The third-order valence-electron chi connectivity index (χ3n) is 3.58. The number of H-pyrrole nitrogens is 1. The van der Waals surface area contributed by atoms with Gasteiger partial charge >= 0.3 is 0 Å². The first-order valence-corrected chi connectivity index (χ1v) is 6.58. The zero-order valence-corrected chi connectivity index (χ0v) is 11.3. The molecule has 0 amide bonds. The van der Waals surface area contributed by atoms with Crippen LogP contribution >= 0.6 is 0 Å². The molecule has 20 heavy (non-hydrogen) atoms. The Morgan fingerprint density at radius 3 is 3.05 bits per heavy atom. The zero-order chi connectivity index (χ0) is 14.1. The predicted molar refractivity (Wildman–Crippen MR) is 75.3 cm³/mol. The summed E-state index contributed by atoms with van der Waals surface area (Å²) in [5, 5.41) is 7.13. The van der Waals surface area contributed by atoms with Crippen LogP contribution in [-0.2, 0) is 0 Å². The second-order valence-corrected chi connectivity index (χ2v) is 4.95. The van der Waals surface area contributed by atoms with E-state index in [0.717, 1.165) is 25.3 Å². The molecule has 1 aromatic heterocycles. The van der Waals surface area contributed by atoms with Crippen LogP contribution in [0.15, 0.2) is 24.3 Å². The number of nitrogens with zero attached hydrogens (tertiary/aromatic N) is 2. The largest absolute Gasteiger partial charge is 0.496 e. The molecule has 2 heterocycles. The maximum Gasteiger partial charge on any atom is 0.151 e. The quantitative estimate of drug-likeness (QED) is 0.896. The van der Waals surface area contributed by atoms with Crippen molar-refractivity contribution in [1.82, 2.24) is 10.2 Å². The Morgan fingerprint density at radius 2 is 2.35 bits per heavy atom.